The third-order valence-corrected chi connectivity index (χ3v) is 4.28. The number of carbonyl (C=O) groups is 1. The lowest BCUT2D eigenvalue weighted by atomic mass is 9.79. The summed E-state index contributed by atoms with van der Waals surface area (Å²) < 4.78 is 5.65. The minimum atomic E-state index is -0.0335. The molecule has 4 nitrogen and oxygen atoms in total. The van der Waals surface area contributed by atoms with Crippen molar-refractivity contribution >= 4 is 5.91 Å². The second-order valence-corrected chi connectivity index (χ2v) is 7.34. The van der Waals surface area contributed by atoms with Crippen LogP contribution in [-0.4, -0.2) is 36.5 Å². The maximum atomic E-state index is 12.6. The molecule has 1 unspecified atom stereocenters. The summed E-state index contributed by atoms with van der Waals surface area (Å²) in [5.41, 5.74) is 6.81. The van der Waals surface area contributed by atoms with Crippen LogP contribution in [-0.2, 0) is 0 Å². The number of piperidine rings is 1. The van der Waals surface area contributed by atoms with Gasteiger partial charge in [0.25, 0.3) is 5.91 Å². The zero-order valence-electron chi connectivity index (χ0n) is 14.1. The number of hydrogen-bond donors (Lipinski definition) is 1. The number of amides is 1. The average molecular weight is 304 g/mol. The van der Waals surface area contributed by atoms with Crippen molar-refractivity contribution in [1.82, 2.24) is 4.90 Å². The van der Waals surface area contributed by atoms with Crippen molar-refractivity contribution in [2.45, 2.75) is 40.2 Å². The summed E-state index contributed by atoms with van der Waals surface area (Å²) in [7, 11) is 0. The molecule has 1 heterocycles. The molecule has 1 aliphatic heterocycles. The molecule has 0 radical (unpaired) electrons. The van der Waals surface area contributed by atoms with Gasteiger partial charge in [0.2, 0.25) is 0 Å². The number of nitrogens with zero attached hydrogens (tertiary/aromatic N) is 1. The average Bonchev–Trinajstić information content (AvgIpc) is 2.47. The molecule has 122 valence electrons. The van der Waals surface area contributed by atoms with E-state index >= 15 is 0 Å². The molecule has 1 amide bonds. The van der Waals surface area contributed by atoms with E-state index in [9.17, 15) is 4.79 Å². The van der Waals surface area contributed by atoms with Crippen LogP contribution >= 0.6 is 0 Å². The Bertz CT molecular complexity index is 508. The van der Waals surface area contributed by atoms with Crippen LogP contribution in [0.4, 0.5) is 0 Å². The maximum Gasteiger partial charge on any atom is 0.253 e. The Hall–Kier alpha value is -1.55. The normalized spacial score (nSPS) is 21.0. The molecule has 2 N–H and O–H groups in total. The van der Waals surface area contributed by atoms with Crippen LogP contribution in [0.1, 0.15) is 44.5 Å². The number of carbonyl (C=O) groups excluding carboxylic acids is 1. The van der Waals surface area contributed by atoms with E-state index in [0.717, 1.165) is 18.7 Å². The molecule has 4 heteroatoms. The van der Waals surface area contributed by atoms with Crippen LogP contribution in [0, 0.1) is 11.3 Å². The van der Waals surface area contributed by atoms with Gasteiger partial charge in [0.05, 0.1) is 6.61 Å². The fourth-order valence-corrected chi connectivity index (χ4v) is 2.69. The Balaban J connectivity index is 2.01. The topological polar surface area (TPSA) is 55.6 Å². The predicted octanol–water partition coefficient (Wildman–Crippen LogP) is 2.92. The highest BCUT2D eigenvalue weighted by Gasteiger charge is 2.35. The van der Waals surface area contributed by atoms with Gasteiger partial charge in [0.15, 0.2) is 0 Å². The van der Waals surface area contributed by atoms with Gasteiger partial charge >= 0.3 is 0 Å². The molecule has 22 heavy (non-hydrogen) atoms. The van der Waals surface area contributed by atoms with Crippen molar-refractivity contribution in [1.29, 1.82) is 0 Å². The molecule has 1 fully saturated rings. The first-order valence-corrected chi connectivity index (χ1v) is 8.07. The fraction of sp³-hybridized carbons (Fsp3) is 0.611. The van der Waals surface area contributed by atoms with E-state index in [-0.39, 0.29) is 17.4 Å². The van der Waals surface area contributed by atoms with Gasteiger partial charge in [0.1, 0.15) is 5.75 Å². The van der Waals surface area contributed by atoms with Crippen LogP contribution in [0.25, 0.3) is 0 Å². The van der Waals surface area contributed by atoms with Gasteiger partial charge in [-0.15, -0.1) is 0 Å². The second kappa shape index (κ2) is 6.69. The zero-order chi connectivity index (χ0) is 16.3. The summed E-state index contributed by atoms with van der Waals surface area (Å²) in [6.07, 6.45) is 0.855. The van der Waals surface area contributed by atoms with Crippen molar-refractivity contribution in [3.8, 4) is 5.75 Å². The molecule has 0 bridgehead atoms. The van der Waals surface area contributed by atoms with E-state index in [1.165, 1.54) is 0 Å². The number of nitrogens with two attached hydrogens (primary N) is 1. The molecule has 1 aliphatic rings. The summed E-state index contributed by atoms with van der Waals surface area (Å²) in [6.45, 7) is 10.6. The minimum Gasteiger partial charge on any atom is -0.493 e. The Labute approximate surface area is 133 Å². The molecule has 2 rings (SSSR count). The van der Waals surface area contributed by atoms with Gasteiger partial charge < -0.3 is 15.4 Å². The lowest BCUT2D eigenvalue weighted by Crippen LogP contribution is -2.53. The molecule has 1 saturated heterocycles. The quantitative estimate of drug-likeness (QED) is 0.930. The van der Waals surface area contributed by atoms with Crippen molar-refractivity contribution in [3.05, 3.63) is 29.8 Å². The van der Waals surface area contributed by atoms with Gasteiger partial charge in [0, 0.05) is 24.7 Å². The van der Waals surface area contributed by atoms with Gasteiger partial charge in [-0.2, -0.15) is 0 Å². The van der Waals surface area contributed by atoms with Gasteiger partial charge in [-0.3, -0.25) is 4.79 Å². The smallest absolute Gasteiger partial charge is 0.253 e. The number of rotatable bonds is 4. The van der Waals surface area contributed by atoms with Crippen LogP contribution in [0.5, 0.6) is 5.75 Å². The molecular formula is C18H28N2O2. The maximum absolute atomic E-state index is 12.6. The fourth-order valence-electron chi connectivity index (χ4n) is 2.69. The molecular weight excluding hydrogens is 276 g/mol. The van der Waals surface area contributed by atoms with Crippen molar-refractivity contribution in [2.24, 2.45) is 17.1 Å². The Kier molecular flexibility index (Phi) is 5.12. The molecule has 0 spiro atoms. The standard InChI is InChI=1S/C18H28N2O2/c1-13(2)11-22-15-7-5-14(6-8-15)17(21)20-10-9-16(19)18(3,4)12-20/h5-8,13,16H,9-12,19H2,1-4H3. The van der Waals surface area contributed by atoms with E-state index < -0.39 is 0 Å². The Morgan fingerprint density at radius 1 is 1.36 bits per heavy atom. The predicted molar refractivity (Wildman–Crippen MR) is 89.1 cm³/mol. The second-order valence-electron chi connectivity index (χ2n) is 7.34. The van der Waals surface area contributed by atoms with E-state index in [2.05, 4.69) is 27.7 Å². The summed E-state index contributed by atoms with van der Waals surface area (Å²) in [4.78, 5) is 14.5. The highest BCUT2D eigenvalue weighted by atomic mass is 16.5. The van der Waals surface area contributed by atoms with E-state index in [4.69, 9.17) is 10.5 Å². The Morgan fingerprint density at radius 3 is 2.55 bits per heavy atom. The lowest BCUT2D eigenvalue weighted by molar-refractivity contribution is 0.0533. The molecule has 1 atom stereocenters. The molecule has 0 aliphatic carbocycles. The van der Waals surface area contributed by atoms with Gasteiger partial charge in [-0.1, -0.05) is 27.7 Å². The first-order chi connectivity index (χ1) is 10.3. The highest BCUT2D eigenvalue weighted by Crippen LogP contribution is 2.28. The number of hydrogen-bond acceptors (Lipinski definition) is 3. The number of benzene rings is 1. The highest BCUT2D eigenvalue weighted by molar-refractivity contribution is 5.94. The summed E-state index contributed by atoms with van der Waals surface area (Å²) in [6, 6.07) is 7.59. The van der Waals surface area contributed by atoms with Crippen molar-refractivity contribution in [3.63, 3.8) is 0 Å². The third-order valence-electron chi connectivity index (χ3n) is 4.28. The Morgan fingerprint density at radius 2 is 2.00 bits per heavy atom. The summed E-state index contributed by atoms with van der Waals surface area (Å²) >= 11 is 0. The summed E-state index contributed by atoms with van der Waals surface area (Å²) in [5.74, 6) is 1.38. The van der Waals surface area contributed by atoms with Crippen LogP contribution < -0.4 is 10.5 Å². The summed E-state index contributed by atoms with van der Waals surface area (Å²) in [5, 5.41) is 0. The number of likely N-dealkylation sites (tertiary alicyclic amines) is 1. The van der Waals surface area contributed by atoms with Crippen molar-refractivity contribution < 1.29 is 9.53 Å². The van der Waals surface area contributed by atoms with Gasteiger partial charge in [-0.25, -0.2) is 0 Å². The largest absolute Gasteiger partial charge is 0.493 e. The van der Waals surface area contributed by atoms with E-state index in [1.807, 2.05) is 29.2 Å². The van der Waals surface area contributed by atoms with Crippen LogP contribution in [0.3, 0.4) is 0 Å². The van der Waals surface area contributed by atoms with E-state index in [0.29, 0.717) is 24.6 Å². The molecule has 0 saturated carbocycles. The monoisotopic (exact) mass is 304 g/mol. The van der Waals surface area contributed by atoms with Gasteiger partial charge in [-0.05, 0) is 42.0 Å². The third kappa shape index (κ3) is 4.01. The minimum absolute atomic E-state index is 0.0335. The molecule has 1 aromatic rings. The van der Waals surface area contributed by atoms with E-state index in [1.54, 1.807) is 0 Å². The first-order valence-electron chi connectivity index (χ1n) is 8.07. The van der Waals surface area contributed by atoms with Crippen LogP contribution in [0.15, 0.2) is 24.3 Å². The van der Waals surface area contributed by atoms with Crippen LogP contribution in [0.2, 0.25) is 0 Å². The lowest BCUT2D eigenvalue weighted by Gasteiger charge is -2.42. The number of ether oxygens (including phenoxy) is 1. The SMILES string of the molecule is CC(C)COc1ccc(C(=O)N2CCC(N)C(C)(C)C2)cc1. The molecule has 0 aromatic heterocycles. The molecule has 1 aromatic carbocycles. The van der Waals surface area contributed by atoms with Crippen molar-refractivity contribution in [2.75, 3.05) is 19.7 Å². The zero-order valence-corrected chi connectivity index (χ0v) is 14.1. The first kappa shape index (κ1) is 16.8.